The number of imidazole rings is 1. The summed E-state index contributed by atoms with van der Waals surface area (Å²) >= 11 is 0. The van der Waals surface area contributed by atoms with Crippen molar-refractivity contribution in [2.75, 3.05) is 7.05 Å². The van der Waals surface area contributed by atoms with E-state index in [0.717, 1.165) is 5.82 Å². The van der Waals surface area contributed by atoms with Gasteiger partial charge in [-0.05, 0) is 6.42 Å². The van der Waals surface area contributed by atoms with Crippen LogP contribution >= 0.6 is 0 Å². The van der Waals surface area contributed by atoms with E-state index in [1.54, 1.807) is 30.4 Å². The quantitative estimate of drug-likeness (QED) is 0.682. The van der Waals surface area contributed by atoms with Gasteiger partial charge in [0, 0.05) is 19.4 Å². The molecular weight excluding hydrogens is 192 g/mol. The number of aromatic nitrogens is 2. The van der Waals surface area contributed by atoms with Gasteiger partial charge < -0.3 is 15.6 Å². The summed E-state index contributed by atoms with van der Waals surface area (Å²) < 4.78 is 0. The molecule has 1 aromatic heterocycles. The van der Waals surface area contributed by atoms with Crippen LogP contribution in [0.25, 0.3) is 0 Å². The molecule has 0 radical (unpaired) electrons. The highest BCUT2D eigenvalue weighted by molar-refractivity contribution is 5.81. The molecule has 0 spiro atoms. The second kappa shape index (κ2) is 5.31. The van der Waals surface area contributed by atoms with E-state index >= 15 is 0 Å². The fourth-order valence-electron chi connectivity index (χ4n) is 1.25. The maximum atomic E-state index is 11.7. The lowest BCUT2D eigenvalue weighted by atomic mass is 10.2. The standard InChI is InChI=1S/C10H16N4O/c1-3-4-8(11)10(15)14(2)7-9-12-5-6-13-9/h3,5-6,8H,1,4,7,11H2,2H3,(H,12,13). The lowest BCUT2D eigenvalue weighted by Gasteiger charge is -2.19. The van der Waals surface area contributed by atoms with Crippen molar-refractivity contribution in [1.29, 1.82) is 0 Å². The molecule has 0 bridgehead atoms. The summed E-state index contributed by atoms with van der Waals surface area (Å²) in [5.41, 5.74) is 5.66. The van der Waals surface area contributed by atoms with Gasteiger partial charge in [0.2, 0.25) is 5.91 Å². The highest BCUT2D eigenvalue weighted by atomic mass is 16.2. The zero-order chi connectivity index (χ0) is 11.3. The summed E-state index contributed by atoms with van der Waals surface area (Å²) in [5, 5.41) is 0. The minimum Gasteiger partial charge on any atom is -0.347 e. The predicted molar refractivity (Wildman–Crippen MR) is 57.9 cm³/mol. The van der Waals surface area contributed by atoms with E-state index in [-0.39, 0.29) is 5.91 Å². The van der Waals surface area contributed by atoms with E-state index in [9.17, 15) is 4.79 Å². The fraction of sp³-hybridized carbons (Fsp3) is 0.400. The number of nitrogens with two attached hydrogens (primary N) is 1. The molecule has 0 fully saturated rings. The smallest absolute Gasteiger partial charge is 0.239 e. The van der Waals surface area contributed by atoms with Crippen LogP contribution in [0.3, 0.4) is 0 Å². The first-order valence-electron chi connectivity index (χ1n) is 4.75. The maximum Gasteiger partial charge on any atom is 0.239 e. The van der Waals surface area contributed by atoms with Crippen molar-refractivity contribution in [3.05, 3.63) is 30.9 Å². The molecule has 0 saturated carbocycles. The molecule has 0 aliphatic heterocycles. The van der Waals surface area contributed by atoms with Crippen molar-refractivity contribution in [3.63, 3.8) is 0 Å². The molecule has 5 nitrogen and oxygen atoms in total. The SMILES string of the molecule is C=CCC(N)C(=O)N(C)Cc1ncc[nH]1. The van der Waals surface area contributed by atoms with Crippen molar-refractivity contribution < 1.29 is 4.79 Å². The summed E-state index contributed by atoms with van der Waals surface area (Å²) in [6.45, 7) is 3.99. The highest BCUT2D eigenvalue weighted by Gasteiger charge is 2.17. The van der Waals surface area contributed by atoms with Gasteiger partial charge in [0.05, 0.1) is 12.6 Å². The van der Waals surface area contributed by atoms with Gasteiger partial charge in [0.25, 0.3) is 0 Å². The van der Waals surface area contributed by atoms with E-state index in [2.05, 4.69) is 16.5 Å². The Labute approximate surface area is 89.0 Å². The van der Waals surface area contributed by atoms with E-state index in [4.69, 9.17) is 5.73 Å². The van der Waals surface area contributed by atoms with Crippen LogP contribution < -0.4 is 5.73 Å². The summed E-state index contributed by atoms with van der Waals surface area (Å²) in [5.74, 6) is 0.642. The number of nitrogens with one attached hydrogen (secondary N) is 1. The average molecular weight is 208 g/mol. The lowest BCUT2D eigenvalue weighted by Crippen LogP contribution is -2.41. The Morgan fingerprint density at radius 3 is 3.13 bits per heavy atom. The highest BCUT2D eigenvalue weighted by Crippen LogP contribution is 2.00. The molecule has 0 aromatic carbocycles. The molecule has 3 N–H and O–H groups in total. The topological polar surface area (TPSA) is 75.0 Å². The van der Waals surface area contributed by atoms with Crippen LogP contribution in [0.1, 0.15) is 12.2 Å². The van der Waals surface area contributed by atoms with Gasteiger partial charge in [0.15, 0.2) is 0 Å². The number of aromatic amines is 1. The monoisotopic (exact) mass is 208 g/mol. The van der Waals surface area contributed by atoms with Crippen LogP contribution in [0.4, 0.5) is 0 Å². The molecule has 1 amide bonds. The summed E-state index contributed by atoms with van der Waals surface area (Å²) in [7, 11) is 1.70. The van der Waals surface area contributed by atoms with Crippen LogP contribution in [0.15, 0.2) is 25.0 Å². The molecule has 0 aliphatic rings. The molecule has 1 aromatic rings. The Hall–Kier alpha value is -1.62. The fourth-order valence-corrected chi connectivity index (χ4v) is 1.25. The van der Waals surface area contributed by atoms with Crippen LogP contribution in [0.2, 0.25) is 0 Å². The number of carbonyl (C=O) groups is 1. The Balaban J connectivity index is 2.49. The molecule has 1 rings (SSSR count). The zero-order valence-electron chi connectivity index (χ0n) is 8.81. The molecule has 82 valence electrons. The number of likely N-dealkylation sites (N-methyl/N-ethyl adjacent to an activating group) is 1. The number of hydrogen-bond acceptors (Lipinski definition) is 3. The molecule has 1 unspecified atom stereocenters. The number of rotatable bonds is 5. The van der Waals surface area contributed by atoms with Crippen molar-refractivity contribution in [1.82, 2.24) is 14.9 Å². The van der Waals surface area contributed by atoms with E-state index in [0.29, 0.717) is 13.0 Å². The van der Waals surface area contributed by atoms with Crippen molar-refractivity contribution >= 4 is 5.91 Å². The van der Waals surface area contributed by atoms with Crippen molar-refractivity contribution in [2.24, 2.45) is 5.73 Å². The first-order valence-corrected chi connectivity index (χ1v) is 4.75. The third kappa shape index (κ3) is 3.21. The van der Waals surface area contributed by atoms with Gasteiger partial charge in [-0.2, -0.15) is 0 Å². The molecule has 1 atom stereocenters. The largest absolute Gasteiger partial charge is 0.347 e. The minimum absolute atomic E-state index is 0.105. The summed E-state index contributed by atoms with van der Waals surface area (Å²) in [4.78, 5) is 20.2. The maximum absolute atomic E-state index is 11.7. The van der Waals surface area contributed by atoms with E-state index in [1.165, 1.54) is 0 Å². The average Bonchev–Trinajstić information content (AvgIpc) is 2.69. The Morgan fingerprint density at radius 1 is 1.87 bits per heavy atom. The second-order valence-electron chi connectivity index (χ2n) is 3.36. The third-order valence-corrected chi connectivity index (χ3v) is 2.06. The second-order valence-corrected chi connectivity index (χ2v) is 3.36. The van der Waals surface area contributed by atoms with Crippen LogP contribution in [-0.4, -0.2) is 33.9 Å². The summed E-state index contributed by atoms with van der Waals surface area (Å²) in [6, 6.07) is -0.512. The van der Waals surface area contributed by atoms with Crippen LogP contribution in [0, 0.1) is 0 Å². The summed E-state index contributed by atoms with van der Waals surface area (Å²) in [6.07, 6.45) is 5.50. The molecular formula is C10H16N4O. The predicted octanol–water partition coefficient (Wildman–Crippen LogP) is 0.271. The van der Waals surface area contributed by atoms with Gasteiger partial charge in [-0.25, -0.2) is 4.98 Å². The Kier molecular flexibility index (Phi) is 4.05. The van der Waals surface area contributed by atoms with Crippen LogP contribution in [-0.2, 0) is 11.3 Å². The molecule has 15 heavy (non-hydrogen) atoms. The van der Waals surface area contributed by atoms with Crippen molar-refractivity contribution in [2.45, 2.75) is 19.0 Å². The number of hydrogen-bond donors (Lipinski definition) is 2. The number of nitrogens with zero attached hydrogens (tertiary/aromatic N) is 2. The zero-order valence-corrected chi connectivity index (χ0v) is 8.81. The van der Waals surface area contributed by atoms with E-state index in [1.807, 2.05) is 0 Å². The van der Waals surface area contributed by atoms with E-state index < -0.39 is 6.04 Å². The minimum atomic E-state index is -0.512. The Morgan fingerprint density at radius 2 is 2.60 bits per heavy atom. The first-order chi connectivity index (χ1) is 7.15. The van der Waals surface area contributed by atoms with Gasteiger partial charge in [-0.15, -0.1) is 6.58 Å². The Bertz CT molecular complexity index is 320. The first kappa shape index (κ1) is 11.5. The molecule has 5 heteroatoms. The van der Waals surface area contributed by atoms with Gasteiger partial charge in [0.1, 0.15) is 5.82 Å². The number of carbonyl (C=O) groups excluding carboxylic acids is 1. The lowest BCUT2D eigenvalue weighted by molar-refractivity contribution is -0.131. The van der Waals surface area contributed by atoms with Crippen LogP contribution in [0.5, 0.6) is 0 Å². The molecule has 1 heterocycles. The third-order valence-electron chi connectivity index (χ3n) is 2.06. The van der Waals surface area contributed by atoms with Gasteiger partial charge in [-0.3, -0.25) is 4.79 Å². The number of amides is 1. The van der Waals surface area contributed by atoms with Crippen molar-refractivity contribution in [3.8, 4) is 0 Å². The molecule has 0 saturated heterocycles. The normalized spacial score (nSPS) is 12.1. The van der Waals surface area contributed by atoms with Gasteiger partial charge in [-0.1, -0.05) is 6.08 Å². The number of H-pyrrole nitrogens is 1. The van der Waals surface area contributed by atoms with Gasteiger partial charge >= 0.3 is 0 Å². The molecule has 0 aliphatic carbocycles.